The summed E-state index contributed by atoms with van der Waals surface area (Å²) in [7, 11) is 4.51. The first-order valence-corrected chi connectivity index (χ1v) is 11.1. The van der Waals surface area contributed by atoms with Gasteiger partial charge < -0.3 is 18.9 Å². The van der Waals surface area contributed by atoms with E-state index in [0.717, 1.165) is 11.3 Å². The van der Waals surface area contributed by atoms with Crippen LogP contribution in [0.5, 0.6) is 17.2 Å². The highest BCUT2D eigenvalue weighted by Crippen LogP contribution is 2.28. The molecule has 2 rings (SSSR count). The summed E-state index contributed by atoms with van der Waals surface area (Å²) in [4.78, 5) is 12.4. The summed E-state index contributed by atoms with van der Waals surface area (Å²) in [6.45, 7) is 11.8. The van der Waals surface area contributed by atoms with Crippen LogP contribution in [0.25, 0.3) is 11.6 Å². The normalized spacial score (nSPS) is 10.9. The van der Waals surface area contributed by atoms with Crippen LogP contribution in [0.1, 0.15) is 52.7 Å². The lowest BCUT2D eigenvalue weighted by Gasteiger charge is -2.10. The molecule has 0 aliphatic carbocycles. The van der Waals surface area contributed by atoms with Gasteiger partial charge in [-0.25, -0.2) is 4.79 Å². The molecule has 0 unspecified atom stereocenters. The van der Waals surface area contributed by atoms with Crippen molar-refractivity contribution in [1.29, 1.82) is 0 Å². The van der Waals surface area contributed by atoms with Gasteiger partial charge in [-0.05, 0) is 67.5 Å². The molecule has 0 amide bonds. The van der Waals surface area contributed by atoms with E-state index in [2.05, 4.69) is 0 Å². The van der Waals surface area contributed by atoms with E-state index in [4.69, 9.17) is 18.9 Å². The van der Waals surface area contributed by atoms with E-state index >= 15 is 0 Å². The monoisotopic (exact) mass is 454 g/mol. The van der Waals surface area contributed by atoms with E-state index in [1.807, 2.05) is 96.2 Å². The highest BCUT2D eigenvalue weighted by Gasteiger charge is 2.14. The summed E-state index contributed by atoms with van der Waals surface area (Å²) in [6.07, 6.45) is 7.40. The average Bonchev–Trinajstić information content (AvgIpc) is 2.89. The molecule has 0 atom stereocenters. The molecule has 0 saturated heterocycles. The first-order valence-electron chi connectivity index (χ1n) is 11.1. The molecule has 2 aromatic rings. The van der Waals surface area contributed by atoms with Crippen LogP contribution in [-0.2, 0) is 9.53 Å². The minimum Gasteiger partial charge on any atom is -0.497 e. The molecule has 0 aliphatic rings. The lowest BCUT2D eigenvalue weighted by Crippen LogP contribution is -2.04. The highest BCUT2D eigenvalue weighted by molar-refractivity contribution is 6.21. The number of ether oxygens (including phenoxy) is 4. The number of esters is 1. The zero-order valence-corrected chi connectivity index (χ0v) is 21.4. The molecular formula is C28H38O5. The maximum absolute atomic E-state index is 12.4. The Morgan fingerprint density at radius 2 is 1.33 bits per heavy atom. The van der Waals surface area contributed by atoms with E-state index < -0.39 is 5.97 Å². The molecule has 0 bridgehead atoms. The number of benzene rings is 2. The van der Waals surface area contributed by atoms with E-state index in [0.29, 0.717) is 28.4 Å². The van der Waals surface area contributed by atoms with Crippen molar-refractivity contribution in [3.8, 4) is 17.2 Å². The summed E-state index contributed by atoms with van der Waals surface area (Å²) >= 11 is 0. The fourth-order valence-corrected chi connectivity index (χ4v) is 2.64. The van der Waals surface area contributed by atoms with Gasteiger partial charge in [0.1, 0.15) is 23.0 Å². The number of hydrogen-bond acceptors (Lipinski definition) is 5. The Bertz CT molecular complexity index is 900. The number of rotatable bonds is 8. The fraction of sp³-hybridized carbons (Fsp3) is 0.321. The molecule has 0 spiro atoms. The molecule has 0 N–H and O–H groups in total. The molecule has 0 fully saturated rings. The summed E-state index contributed by atoms with van der Waals surface area (Å²) in [5.74, 6) is 2.24. The zero-order chi connectivity index (χ0) is 25.2. The molecule has 180 valence electrons. The fourth-order valence-electron chi connectivity index (χ4n) is 2.64. The lowest BCUT2D eigenvalue weighted by atomic mass is 10.0. The molecule has 0 aromatic heterocycles. The Kier molecular flexibility index (Phi) is 15.3. The van der Waals surface area contributed by atoms with Crippen LogP contribution < -0.4 is 14.2 Å². The van der Waals surface area contributed by atoms with Crippen molar-refractivity contribution in [3.63, 3.8) is 0 Å². The molecule has 33 heavy (non-hydrogen) atoms. The number of methoxy groups -OCH3 is 3. The van der Waals surface area contributed by atoms with E-state index in [1.54, 1.807) is 26.4 Å². The van der Waals surface area contributed by atoms with Gasteiger partial charge >= 0.3 is 5.97 Å². The first-order chi connectivity index (χ1) is 16.0. The molecule has 0 heterocycles. The van der Waals surface area contributed by atoms with Crippen molar-refractivity contribution in [2.45, 2.75) is 41.5 Å². The van der Waals surface area contributed by atoms with Gasteiger partial charge in [-0.3, -0.25) is 0 Å². The largest absolute Gasteiger partial charge is 0.497 e. The maximum Gasteiger partial charge on any atom is 0.338 e. The predicted molar refractivity (Wildman–Crippen MR) is 138 cm³/mol. The summed E-state index contributed by atoms with van der Waals surface area (Å²) < 4.78 is 21.4. The Morgan fingerprint density at radius 3 is 1.76 bits per heavy atom. The topological polar surface area (TPSA) is 54.0 Å². The van der Waals surface area contributed by atoms with Gasteiger partial charge in [-0.2, -0.15) is 0 Å². The Hall–Kier alpha value is -3.47. The van der Waals surface area contributed by atoms with Crippen LogP contribution in [0, 0.1) is 0 Å². The third-order valence-corrected chi connectivity index (χ3v) is 4.11. The van der Waals surface area contributed by atoms with Crippen molar-refractivity contribution in [1.82, 2.24) is 0 Å². The Labute approximate surface area is 199 Å². The van der Waals surface area contributed by atoms with Crippen molar-refractivity contribution >= 4 is 17.6 Å². The number of carbonyl (C=O) groups is 1. The van der Waals surface area contributed by atoms with Gasteiger partial charge in [0.05, 0.1) is 26.9 Å². The number of hydrogen-bond donors (Lipinski definition) is 0. The van der Waals surface area contributed by atoms with Crippen LogP contribution in [0.3, 0.4) is 0 Å². The van der Waals surface area contributed by atoms with Gasteiger partial charge in [0.2, 0.25) is 0 Å². The molecule has 0 radical (unpaired) electrons. The smallest absolute Gasteiger partial charge is 0.338 e. The van der Waals surface area contributed by atoms with Crippen molar-refractivity contribution in [2.24, 2.45) is 0 Å². The second-order valence-electron chi connectivity index (χ2n) is 6.01. The Balaban J connectivity index is 0.00000242. The SMILES string of the molecule is C/C=C\C(=C/C)Oc1ccc(/C(=C\c2cc(OC)cc(OC)c2)C(=O)OC)cc1.CC.CC. The maximum atomic E-state index is 12.4. The summed E-state index contributed by atoms with van der Waals surface area (Å²) in [6, 6.07) is 12.7. The minimum absolute atomic E-state index is 0.411. The summed E-state index contributed by atoms with van der Waals surface area (Å²) in [5, 5.41) is 0. The van der Waals surface area contributed by atoms with Crippen LogP contribution in [-0.4, -0.2) is 27.3 Å². The first kappa shape index (κ1) is 29.5. The van der Waals surface area contributed by atoms with Crippen molar-refractivity contribution < 1.29 is 23.7 Å². The van der Waals surface area contributed by atoms with E-state index in [9.17, 15) is 4.79 Å². The van der Waals surface area contributed by atoms with Gasteiger partial charge in [-0.15, -0.1) is 0 Å². The van der Waals surface area contributed by atoms with Crippen LogP contribution in [0.2, 0.25) is 0 Å². The number of carbonyl (C=O) groups excluding carboxylic acids is 1. The van der Waals surface area contributed by atoms with Gasteiger partial charge in [0, 0.05) is 6.07 Å². The second-order valence-corrected chi connectivity index (χ2v) is 6.01. The van der Waals surface area contributed by atoms with E-state index in [-0.39, 0.29) is 0 Å². The average molecular weight is 455 g/mol. The lowest BCUT2D eigenvalue weighted by molar-refractivity contribution is -0.133. The Morgan fingerprint density at radius 1 is 0.788 bits per heavy atom. The minimum atomic E-state index is -0.441. The quantitative estimate of drug-likeness (QED) is 0.137. The standard InChI is InChI=1S/C24H26O5.2C2H6/c1-6-8-19(7-2)29-20-11-9-18(10-12-20)23(24(25)28-5)15-17-13-21(26-3)16-22(14-17)27-4;2*1-2/h6-16H,1-5H3;2*1-2H3/b8-6-,19-7+,23-15+;;. The zero-order valence-electron chi connectivity index (χ0n) is 21.4. The van der Waals surface area contributed by atoms with Crippen LogP contribution in [0.15, 0.2) is 66.5 Å². The van der Waals surface area contributed by atoms with E-state index in [1.165, 1.54) is 7.11 Å². The molecule has 0 saturated carbocycles. The van der Waals surface area contributed by atoms with Crippen LogP contribution >= 0.6 is 0 Å². The predicted octanol–water partition coefficient (Wildman–Crippen LogP) is 7.33. The molecule has 5 nitrogen and oxygen atoms in total. The second kappa shape index (κ2) is 17.1. The summed E-state index contributed by atoms with van der Waals surface area (Å²) in [5.41, 5.74) is 1.87. The highest BCUT2D eigenvalue weighted by atomic mass is 16.5. The van der Waals surface area contributed by atoms with Gasteiger partial charge in [0.15, 0.2) is 0 Å². The third kappa shape index (κ3) is 9.69. The van der Waals surface area contributed by atoms with Crippen molar-refractivity contribution in [3.05, 3.63) is 77.6 Å². The molecular weight excluding hydrogens is 416 g/mol. The molecule has 0 aliphatic heterocycles. The molecule has 2 aromatic carbocycles. The van der Waals surface area contributed by atoms with Gasteiger partial charge in [-0.1, -0.05) is 45.9 Å². The number of allylic oxidation sites excluding steroid dienone is 3. The van der Waals surface area contributed by atoms with Gasteiger partial charge in [0.25, 0.3) is 0 Å². The molecule has 5 heteroatoms. The third-order valence-electron chi connectivity index (χ3n) is 4.11. The van der Waals surface area contributed by atoms with Crippen molar-refractivity contribution in [2.75, 3.05) is 21.3 Å². The van der Waals surface area contributed by atoms with Crippen LogP contribution in [0.4, 0.5) is 0 Å².